The van der Waals surface area contributed by atoms with Gasteiger partial charge in [-0.1, -0.05) is 29.8 Å². The molecule has 0 aliphatic carbocycles. The van der Waals surface area contributed by atoms with Crippen molar-refractivity contribution in [2.45, 2.75) is 6.92 Å². The summed E-state index contributed by atoms with van der Waals surface area (Å²) >= 11 is 5.78. The summed E-state index contributed by atoms with van der Waals surface area (Å²) in [4.78, 5) is 19.8. The lowest BCUT2D eigenvalue weighted by Crippen LogP contribution is -2.14. The van der Waals surface area contributed by atoms with E-state index in [0.717, 1.165) is 0 Å². The maximum atomic E-state index is 11.8. The minimum Gasteiger partial charge on any atom is -0.290 e. The lowest BCUT2D eigenvalue weighted by atomic mass is 10.2. The second kappa shape index (κ2) is 4.93. The van der Waals surface area contributed by atoms with Crippen LogP contribution in [-0.4, -0.2) is 15.9 Å². The zero-order chi connectivity index (χ0) is 12.3. The van der Waals surface area contributed by atoms with E-state index >= 15 is 0 Å². The molecule has 1 aromatic carbocycles. The number of halogens is 1. The summed E-state index contributed by atoms with van der Waals surface area (Å²) in [5.41, 5.74) is 1.25. The fourth-order valence-corrected chi connectivity index (χ4v) is 1.59. The maximum absolute atomic E-state index is 11.8. The molecule has 5 heteroatoms. The van der Waals surface area contributed by atoms with Gasteiger partial charge in [-0.25, -0.2) is 9.97 Å². The van der Waals surface area contributed by atoms with E-state index in [1.54, 1.807) is 37.3 Å². The van der Waals surface area contributed by atoms with Crippen molar-refractivity contribution in [3.8, 4) is 0 Å². The Kier molecular flexibility index (Phi) is 3.35. The first-order chi connectivity index (χ1) is 8.15. The van der Waals surface area contributed by atoms with Gasteiger partial charge in [0.2, 0.25) is 5.95 Å². The van der Waals surface area contributed by atoms with Gasteiger partial charge in [0, 0.05) is 11.3 Å². The van der Waals surface area contributed by atoms with E-state index in [2.05, 4.69) is 15.3 Å². The highest BCUT2D eigenvalue weighted by Crippen LogP contribution is 2.10. The predicted octanol–water partition coefficient (Wildman–Crippen LogP) is 2.69. The average Bonchev–Trinajstić information content (AvgIpc) is 2.28. The summed E-state index contributed by atoms with van der Waals surface area (Å²) in [5, 5.41) is 2.90. The Morgan fingerprint density at radius 1 is 1.24 bits per heavy atom. The third-order valence-electron chi connectivity index (χ3n) is 2.08. The Balaban J connectivity index is 2.19. The molecule has 2 rings (SSSR count). The van der Waals surface area contributed by atoms with Crippen molar-refractivity contribution in [3.05, 3.63) is 52.8 Å². The van der Waals surface area contributed by atoms with Crippen LogP contribution in [0.5, 0.6) is 0 Å². The van der Waals surface area contributed by atoms with E-state index in [0.29, 0.717) is 16.4 Å². The molecule has 0 atom stereocenters. The van der Waals surface area contributed by atoms with Crippen LogP contribution in [0.2, 0.25) is 5.15 Å². The highest BCUT2D eigenvalue weighted by molar-refractivity contribution is 6.29. The SMILES string of the molecule is Cc1cc(Cl)nc(NC(=O)c2ccccc2)n1. The van der Waals surface area contributed by atoms with Crippen LogP contribution in [0.4, 0.5) is 5.95 Å². The standard InChI is InChI=1S/C12H10ClN3O/c1-8-7-10(13)15-12(14-8)16-11(17)9-5-3-2-4-6-9/h2-7H,1H3,(H,14,15,16,17). The predicted molar refractivity (Wildman–Crippen MR) is 66.2 cm³/mol. The van der Waals surface area contributed by atoms with Crippen molar-refractivity contribution >= 4 is 23.5 Å². The van der Waals surface area contributed by atoms with Gasteiger partial charge in [-0.2, -0.15) is 0 Å². The van der Waals surface area contributed by atoms with Crippen LogP contribution in [0.25, 0.3) is 0 Å². The van der Waals surface area contributed by atoms with Crippen LogP contribution < -0.4 is 5.32 Å². The Hall–Kier alpha value is -1.94. The Bertz CT molecular complexity index is 522. The van der Waals surface area contributed by atoms with Crippen LogP contribution in [0.1, 0.15) is 16.1 Å². The minimum absolute atomic E-state index is 0.212. The van der Waals surface area contributed by atoms with E-state index in [9.17, 15) is 4.79 Å². The first-order valence-electron chi connectivity index (χ1n) is 5.03. The van der Waals surface area contributed by atoms with E-state index in [1.165, 1.54) is 0 Å². The highest BCUT2D eigenvalue weighted by Gasteiger charge is 2.07. The second-order valence-electron chi connectivity index (χ2n) is 3.48. The molecule has 0 aliphatic heterocycles. The number of rotatable bonds is 2. The molecule has 1 amide bonds. The van der Waals surface area contributed by atoms with Gasteiger partial charge in [-0.3, -0.25) is 10.1 Å². The van der Waals surface area contributed by atoms with Crippen LogP contribution in [0.15, 0.2) is 36.4 Å². The van der Waals surface area contributed by atoms with Gasteiger partial charge < -0.3 is 0 Å². The number of anilines is 1. The summed E-state index contributed by atoms with van der Waals surface area (Å²) in [6.07, 6.45) is 0. The summed E-state index contributed by atoms with van der Waals surface area (Å²) < 4.78 is 0. The highest BCUT2D eigenvalue weighted by atomic mass is 35.5. The Morgan fingerprint density at radius 2 is 1.94 bits per heavy atom. The largest absolute Gasteiger partial charge is 0.290 e. The normalized spacial score (nSPS) is 10.0. The monoisotopic (exact) mass is 247 g/mol. The number of nitrogens with one attached hydrogen (secondary N) is 1. The van der Waals surface area contributed by atoms with Crippen LogP contribution in [0, 0.1) is 6.92 Å². The molecule has 1 N–H and O–H groups in total. The van der Waals surface area contributed by atoms with Gasteiger partial charge in [-0.15, -0.1) is 0 Å². The van der Waals surface area contributed by atoms with Gasteiger partial charge in [-0.05, 0) is 25.1 Å². The van der Waals surface area contributed by atoms with Crippen LogP contribution >= 0.6 is 11.6 Å². The fraction of sp³-hybridized carbons (Fsp3) is 0.0833. The van der Waals surface area contributed by atoms with E-state index < -0.39 is 0 Å². The number of hydrogen-bond donors (Lipinski definition) is 1. The lowest BCUT2D eigenvalue weighted by Gasteiger charge is -2.04. The van der Waals surface area contributed by atoms with E-state index in [1.807, 2.05) is 6.07 Å². The van der Waals surface area contributed by atoms with Gasteiger partial charge in [0.1, 0.15) is 5.15 Å². The van der Waals surface area contributed by atoms with Crippen LogP contribution in [0.3, 0.4) is 0 Å². The second-order valence-corrected chi connectivity index (χ2v) is 3.86. The quantitative estimate of drug-likeness (QED) is 0.830. The number of nitrogens with zero attached hydrogens (tertiary/aromatic N) is 2. The Labute approximate surface area is 104 Å². The molecule has 17 heavy (non-hydrogen) atoms. The molecule has 86 valence electrons. The fourth-order valence-electron chi connectivity index (χ4n) is 1.35. The van der Waals surface area contributed by atoms with E-state index in [4.69, 9.17) is 11.6 Å². The average molecular weight is 248 g/mol. The number of hydrogen-bond acceptors (Lipinski definition) is 3. The smallest absolute Gasteiger partial charge is 0.258 e. The van der Waals surface area contributed by atoms with Gasteiger partial charge in [0.05, 0.1) is 0 Å². The molecule has 1 aromatic heterocycles. The third kappa shape index (κ3) is 3.01. The molecule has 2 aromatic rings. The molecule has 4 nitrogen and oxygen atoms in total. The van der Waals surface area contributed by atoms with Crippen molar-refractivity contribution in [1.29, 1.82) is 0 Å². The number of carbonyl (C=O) groups is 1. The molecule has 0 aliphatic rings. The maximum Gasteiger partial charge on any atom is 0.258 e. The minimum atomic E-state index is -0.257. The molecule has 0 saturated heterocycles. The number of aromatic nitrogens is 2. The molecule has 0 radical (unpaired) electrons. The lowest BCUT2D eigenvalue weighted by molar-refractivity contribution is 0.102. The zero-order valence-electron chi connectivity index (χ0n) is 9.14. The Morgan fingerprint density at radius 3 is 2.59 bits per heavy atom. The molecule has 1 heterocycles. The summed E-state index contributed by atoms with van der Waals surface area (Å²) in [5.74, 6) is -0.0453. The molecule has 0 saturated carbocycles. The van der Waals surface area contributed by atoms with Crippen molar-refractivity contribution in [1.82, 2.24) is 9.97 Å². The molecule has 0 unspecified atom stereocenters. The summed E-state index contributed by atoms with van der Waals surface area (Å²) in [6, 6.07) is 10.5. The van der Waals surface area contributed by atoms with Crippen molar-refractivity contribution in [2.24, 2.45) is 0 Å². The van der Waals surface area contributed by atoms with Gasteiger partial charge in [0.15, 0.2) is 0 Å². The summed E-state index contributed by atoms with van der Waals surface area (Å²) in [6.45, 7) is 1.78. The van der Waals surface area contributed by atoms with Gasteiger partial charge in [0.25, 0.3) is 5.91 Å². The van der Waals surface area contributed by atoms with Crippen molar-refractivity contribution in [3.63, 3.8) is 0 Å². The van der Waals surface area contributed by atoms with Crippen molar-refractivity contribution < 1.29 is 4.79 Å². The first-order valence-corrected chi connectivity index (χ1v) is 5.40. The van der Waals surface area contributed by atoms with Crippen LogP contribution in [-0.2, 0) is 0 Å². The first kappa shape index (κ1) is 11.5. The molecule has 0 bridgehead atoms. The molecule has 0 fully saturated rings. The van der Waals surface area contributed by atoms with Gasteiger partial charge >= 0.3 is 0 Å². The van der Waals surface area contributed by atoms with Crippen molar-refractivity contribution in [2.75, 3.05) is 5.32 Å². The number of aryl methyl sites for hydroxylation is 1. The summed E-state index contributed by atoms with van der Waals surface area (Å²) in [7, 11) is 0. The van der Waals surface area contributed by atoms with E-state index in [-0.39, 0.29) is 11.9 Å². The third-order valence-corrected chi connectivity index (χ3v) is 2.28. The number of carbonyl (C=O) groups excluding carboxylic acids is 1. The topological polar surface area (TPSA) is 54.9 Å². The number of benzene rings is 1. The molecular weight excluding hydrogens is 238 g/mol. The molecule has 0 spiro atoms. The zero-order valence-corrected chi connectivity index (χ0v) is 9.90. The molecular formula is C12H10ClN3O. The number of amides is 1.